The van der Waals surface area contributed by atoms with Crippen molar-refractivity contribution in [2.45, 2.75) is 39.2 Å². The summed E-state index contributed by atoms with van der Waals surface area (Å²) in [7, 11) is 1.96. The third kappa shape index (κ3) is 4.07. The van der Waals surface area contributed by atoms with E-state index in [1.165, 1.54) is 30.4 Å². The van der Waals surface area contributed by atoms with Crippen LogP contribution in [-0.4, -0.2) is 36.5 Å². The third-order valence-electron chi connectivity index (χ3n) is 4.18. The summed E-state index contributed by atoms with van der Waals surface area (Å²) in [6.07, 6.45) is 7.22. The van der Waals surface area contributed by atoms with E-state index in [1.54, 1.807) is 12.3 Å². The highest BCUT2D eigenvalue weighted by atomic mass is 16.1. The maximum atomic E-state index is 12.0. The molecule has 112 valence electrons. The van der Waals surface area contributed by atoms with Crippen LogP contribution in [0.15, 0.2) is 17.1 Å². The summed E-state index contributed by atoms with van der Waals surface area (Å²) in [5.41, 5.74) is 0.859. The summed E-state index contributed by atoms with van der Waals surface area (Å²) in [5, 5.41) is 7.68. The summed E-state index contributed by atoms with van der Waals surface area (Å²) in [5.74, 6) is 0.834. The van der Waals surface area contributed by atoms with E-state index < -0.39 is 0 Å². The molecule has 0 radical (unpaired) electrons. The lowest BCUT2D eigenvalue weighted by Crippen LogP contribution is -2.31. The Balaban J connectivity index is 1.79. The van der Waals surface area contributed by atoms with Crippen LogP contribution in [0.5, 0.6) is 0 Å². The summed E-state index contributed by atoms with van der Waals surface area (Å²) in [6.45, 7) is 5.45. The molecule has 0 aliphatic heterocycles. The largest absolute Gasteiger partial charge is 0.373 e. The summed E-state index contributed by atoms with van der Waals surface area (Å²) < 4.78 is 1.54. The monoisotopic (exact) mass is 278 g/mol. The van der Waals surface area contributed by atoms with Crippen molar-refractivity contribution < 1.29 is 0 Å². The average molecular weight is 278 g/mol. The molecule has 20 heavy (non-hydrogen) atoms. The SMILES string of the molecule is CCN(C)c1cnn(CCNCC2CCCC2)c(=O)c1. The number of hydrogen-bond donors (Lipinski definition) is 1. The Labute approximate surface area is 121 Å². The fraction of sp³-hybridized carbons (Fsp3) is 0.733. The van der Waals surface area contributed by atoms with Gasteiger partial charge in [-0.25, -0.2) is 4.68 Å². The molecule has 1 aliphatic carbocycles. The van der Waals surface area contributed by atoms with Crippen LogP contribution < -0.4 is 15.8 Å². The van der Waals surface area contributed by atoms with E-state index in [-0.39, 0.29) is 5.56 Å². The third-order valence-corrected chi connectivity index (χ3v) is 4.18. The molecule has 0 amide bonds. The van der Waals surface area contributed by atoms with Gasteiger partial charge in [0, 0.05) is 26.2 Å². The molecule has 0 bridgehead atoms. The molecule has 1 aliphatic rings. The molecule has 1 N–H and O–H groups in total. The second kappa shape index (κ2) is 7.43. The first-order valence-corrected chi connectivity index (χ1v) is 7.69. The summed E-state index contributed by atoms with van der Waals surface area (Å²) in [6, 6.07) is 1.66. The van der Waals surface area contributed by atoms with E-state index in [0.717, 1.165) is 31.2 Å². The molecule has 1 fully saturated rings. The van der Waals surface area contributed by atoms with Gasteiger partial charge in [-0.15, -0.1) is 0 Å². The highest BCUT2D eigenvalue weighted by Gasteiger charge is 2.13. The molecule has 1 heterocycles. The number of rotatable bonds is 7. The normalized spacial score (nSPS) is 15.7. The van der Waals surface area contributed by atoms with Crippen molar-refractivity contribution in [3.05, 3.63) is 22.6 Å². The van der Waals surface area contributed by atoms with Crippen LogP contribution in [0, 0.1) is 5.92 Å². The van der Waals surface area contributed by atoms with Gasteiger partial charge in [0.2, 0.25) is 0 Å². The van der Waals surface area contributed by atoms with Gasteiger partial charge < -0.3 is 10.2 Å². The average Bonchev–Trinajstić information content (AvgIpc) is 2.97. The van der Waals surface area contributed by atoms with Crippen molar-refractivity contribution >= 4 is 5.69 Å². The highest BCUT2D eigenvalue weighted by Crippen LogP contribution is 2.23. The van der Waals surface area contributed by atoms with E-state index in [2.05, 4.69) is 17.3 Å². The van der Waals surface area contributed by atoms with Gasteiger partial charge >= 0.3 is 0 Å². The second-order valence-electron chi connectivity index (χ2n) is 5.64. The standard InChI is InChI=1S/C15H26N4O/c1-3-18(2)14-10-15(20)19(17-12-14)9-8-16-11-13-6-4-5-7-13/h10,12-13,16H,3-9,11H2,1-2H3. The molecular weight excluding hydrogens is 252 g/mol. The first-order chi connectivity index (χ1) is 9.70. The van der Waals surface area contributed by atoms with E-state index in [9.17, 15) is 4.79 Å². The van der Waals surface area contributed by atoms with Crippen LogP contribution >= 0.6 is 0 Å². The molecular formula is C15H26N4O. The highest BCUT2D eigenvalue weighted by molar-refractivity contribution is 5.41. The van der Waals surface area contributed by atoms with Gasteiger partial charge in [0.05, 0.1) is 18.4 Å². The Kier molecular flexibility index (Phi) is 5.59. The predicted molar refractivity (Wildman–Crippen MR) is 82.3 cm³/mol. The fourth-order valence-electron chi connectivity index (χ4n) is 2.69. The number of hydrogen-bond acceptors (Lipinski definition) is 4. The zero-order valence-corrected chi connectivity index (χ0v) is 12.6. The van der Waals surface area contributed by atoms with E-state index in [0.29, 0.717) is 6.54 Å². The van der Waals surface area contributed by atoms with Crippen molar-refractivity contribution in [2.24, 2.45) is 5.92 Å². The van der Waals surface area contributed by atoms with Crippen molar-refractivity contribution in [1.29, 1.82) is 0 Å². The van der Waals surface area contributed by atoms with Crippen LogP contribution in [0.25, 0.3) is 0 Å². The Morgan fingerprint density at radius 2 is 2.20 bits per heavy atom. The minimum atomic E-state index is -0.0227. The van der Waals surface area contributed by atoms with Crippen LogP contribution in [-0.2, 0) is 6.54 Å². The molecule has 5 heteroatoms. The van der Waals surface area contributed by atoms with E-state index in [4.69, 9.17) is 0 Å². The van der Waals surface area contributed by atoms with Crippen molar-refractivity contribution in [3.8, 4) is 0 Å². The first-order valence-electron chi connectivity index (χ1n) is 7.69. The van der Waals surface area contributed by atoms with Gasteiger partial charge in [-0.1, -0.05) is 12.8 Å². The van der Waals surface area contributed by atoms with Crippen molar-refractivity contribution in [1.82, 2.24) is 15.1 Å². The molecule has 5 nitrogen and oxygen atoms in total. The van der Waals surface area contributed by atoms with Crippen LogP contribution in [0.4, 0.5) is 5.69 Å². The second-order valence-corrected chi connectivity index (χ2v) is 5.64. The molecule has 0 spiro atoms. The maximum Gasteiger partial charge on any atom is 0.268 e. The lowest BCUT2D eigenvalue weighted by molar-refractivity contribution is 0.461. The van der Waals surface area contributed by atoms with Crippen molar-refractivity contribution in [2.75, 3.05) is 31.6 Å². The lowest BCUT2D eigenvalue weighted by atomic mass is 10.1. The zero-order valence-electron chi connectivity index (χ0n) is 12.6. The quantitative estimate of drug-likeness (QED) is 0.768. The molecule has 1 saturated carbocycles. The number of aromatic nitrogens is 2. The first kappa shape index (κ1) is 15.0. The summed E-state index contributed by atoms with van der Waals surface area (Å²) in [4.78, 5) is 14.0. The minimum absolute atomic E-state index is 0.0227. The molecule has 1 aromatic rings. The number of nitrogens with zero attached hydrogens (tertiary/aromatic N) is 3. The lowest BCUT2D eigenvalue weighted by Gasteiger charge is -2.16. The van der Waals surface area contributed by atoms with Gasteiger partial charge in [0.1, 0.15) is 0 Å². The molecule has 0 aromatic carbocycles. The minimum Gasteiger partial charge on any atom is -0.373 e. The maximum absolute atomic E-state index is 12.0. The predicted octanol–water partition coefficient (Wildman–Crippen LogP) is 1.48. The number of nitrogens with one attached hydrogen (secondary N) is 1. The van der Waals surface area contributed by atoms with Crippen LogP contribution in [0.3, 0.4) is 0 Å². The Bertz CT molecular complexity index is 465. The zero-order chi connectivity index (χ0) is 14.4. The fourth-order valence-corrected chi connectivity index (χ4v) is 2.69. The molecule has 1 aromatic heterocycles. The van der Waals surface area contributed by atoms with E-state index in [1.807, 2.05) is 11.9 Å². The molecule has 0 unspecified atom stereocenters. The Morgan fingerprint density at radius 3 is 2.85 bits per heavy atom. The number of anilines is 1. The topological polar surface area (TPSA) is 50.2 Å². The van der Waals surface area contributed by atoms with Gasteiger partial charge in [-0.05, 0) is 32.2 Å². The van der Waals surface area contributed by atoms with Crippen LogP contribution in [0.2, 0.25) is 0 Å². The summed E-state index contributed by atoms with van der Waals surface area (Å²) >= 11 is 0. The van der Waals surface area contributed by atoms with E-state index >= 15 is 0 Å². The Morgan fingerprint density at radius 1 is 1.45 bits per heavy atom. The smallest absolute Gasteiger partial charge is 0.268 e. The van der Waals surface area contributed by atoms with Gasteiger partial charge in [-0.3, -0.25) is 4.79 Å². The van der Waals surface area contributed by atoms with Gasteiger partial charge in [0.25, 0.3) is 5.56 Å². The van der Waals surface area contributed by atoms with Gasteiger partial charge in [-0.2, -0.15) is 5.10 Å². The van der Waals surface area contributed by atoms with Gasteiger partial charge in [0.15, 0.2) is 0 Å². The molecule has 0 atom stereocenters. The van der Waals surface area contributed by atoms with Crippen molar-refractivity contribution in [3.63, 3.8) is 0 Å². The molecule has 2 rings (SSSR count). The Hall–Kier alpha value is -1.36. The molecule has 0 saturated heterocycles. The van der Waals surface area contributed by atoms with Crippen LogP contribution in [0.1, 0.15) is 32.6 Å².